The molecule has 0 heterocycles. The second-order valence-corrected chi connectivity index (χ2v) is 8.53. The van der Waals surface area contributed by atoms with Crippen LogP contribution >= 0.6 is 24.0 Å². The van der Waals surface area contributed by atoms with Gasteiger partial charge in [-0.25, -0.2) is 0 Å². The van der Waals surface area contributed by atoms with E-state index >= 15 is 0 Å². The molecule has 0 fully saturated rings. The summed E-state index contributed by atoms with van der Waals surface area (Å²) in [6, 6.07) is 0.417. The van der Waals surface area contributed by atoms with Crippen LogP contribution in [0.5, 0.6) is 0 Å². The number of halogens is 1. The van der Waals surface area contributed by atoms with E-state index in [1.807, 2.05) is 20.8 Å². The summed E-state index contributed by atoms with van der Waals surface area (Å²) in [7, 11) is 0.953. The van der Waals surface area contributed by atoms with Gasteiger partial charge in [-0.05, 0) is 34.1 Å². The summed E-state index contributed by atoms with van der Waals surface area (Å²) in [6.07, 6.45) is 4.93. The van der Waals surface area contributed by atoms with Crippen LogP contribution in [0.4, 0.5) is 0 Å². The van der Waals surface area contributed by atoms with Gasteiger partial charge in [0.15, 0.2) is 5.96 Å². The highest BCUT2D eigenvalue weighted by molar-refractivity contribution is 14.0. The molecule has 4 nitrogen and oxygen atoms in total. The first kappa shape index (κ1) is 23.4. The number of hydrogen-bond donors (Lipinski definition) is 2. The van der Waals surface area contributed by atoms with Crippen molar-refractivity contribution >= 4 is 40.7 Å². The number of rotatable bonds is 8. The van der Waals surface area contributed by atoms with Crippen molar-refractivity contribution < 1.29 is 4.21 Å². The van der Waals surface area contributed by atoms with Gasteiger partial charge < -0.3 is 10.6 Å². The molecule has 0 aliphatic rings. The summed E-state index contributed by atoms with van der Waals surface area (Å²) in [5.74, 6) is 1.45. The van der Waals surface area contributed by atoms with Gasteiger partial charge in [0.25, 0.3) is 0 Å². The molecule has 0 aliphatic carbocycles. The summed E-state index contributed by atoms with van der Waals surface area (Å²) in [4.78, 5) is 4.21. The van der Waals surface area contributed by atoms with Crippen molar-refractivity contribution in [3.63, 3.8) is 0 Å². The lowest BCUT2D eigenvalue weighted by molar-refractivity contribution is 0.547. The lowest BCUT2D eigenvalue weighted by Gasteiger charge is -2.20. The van der Waals surface area contributed by atoms with Gasteiger partial charge in [0.1, 0.15) is 0 Å². The minimum absolute atomic E-state index is 0. The summed E-state index contributed by atoms with van der Waals surface area (Å²) in [5, 5.41) is 6.62. The van der Waals surface area contributed by atoms with E-state index in [2.05, 4.69) is 29.5 Å². The van der Waals surface area contributed by atoms with Gasteiger partial charge in [-0.3, -0.25) is 9.20 Å². The molecule has 0 radical (unpaired) electrons. The van der Waals surface area contributed by atoms with Crippen LogP contribution in [0.25, 0.3) is 0 Å². The predicted molar refractivity (Wildman–Crippen MR) is 106 cm³/mol. The summed E-state index contributed by atoms with van der Waals surface area (Å²) in [6.45, 7) is 11.1. The van der Waals surface area contributed by atoms with Crippen LogP contribution < -0.4 is 10.6 Å². The van der Waals surface area contributed by atoms with Crippen molar-refractivity contribution in [2.24, 2.45) is 4.99 Å². The topological polar surface area (TPSA) is 53.5 Å². The highest BCUT2D eigenvalue weighted by Gasteiger charge is 2.18. The molecule has 0 aromatic rings. The summed E-state index contributed by atoms with van der Waals surface area (Å²) in [5.41, 5.74) is 0. The Hall–Kier alpha value is 0.150. The van der Waals surface area contributed by atoms with Crippen LogP contribution in [0.1, 0.15) is 60.3 Å². The molecule has 21 heavy (non-hydrogen) atoms. The van der Waals surface area contributed by atoms with Crippen molar-refractivity contribution in [2.45, 2.75) is 71.1 Å². The first-order chi connectivity index (χ1) is 9.31. The molecule has 2 unspecified atom stereocenters. The van der Waals surface area contributed by atoms with E-state index in [0.29, 0.717) is 18.3 Å². The zero-order valence-electron chi connectivity index (χ0n) is 14.5. The van der Waals surface area contributed by atoms with Gasteiger partial charge in [-0.15, -0.1) is 24.0 Å². The largest absolute Gasteiger partial charge is 0.355 e. The Bertz CT molecular complexity index is 317. The molecule has 0 aromatic carbocycles. The van der Waals surface area contributed by atoms with Gasteiger partial charge in [0, 0.05) is 40.9 Å². The van der Waals surface area contributed by atoms with Crippen molar-refractivity contribution in [1.29, 1.82) is 0 Å². The van der Waals surface area contributed by atoms with Gasteiger partial charge >= 0.3 is 0 Å². The molecule has 0 saturated heterocycles. The van der Waals surface area contributed by atoms with Crippen LogP contribution in [0.2, 0.25) is 0 Å². The highest BCUT2D eigenvalue weighted by atomic mass is 127. The zero-order chi connectivity index (χ0) is 15.6. The van der Waals surface area contributed by atoms with E-state index in [1.165, 1.54) is 19.3 Å². The van der Waals surface area contributed by atoms with Crippen LogP contribution in [0.15, 0.2) is 4.99 Å². The first-order valence-electron chi connectivity index (χ1n) is 7.67. The second-order valence-electron chi connectivity index (χ2n) is 6.20. The molecule has 0 rings (SSSR count). The maximum atomic E-state index is 11.9. The van der Waals surface area contributed by atoms with E-state index in [0.717, 1.165) is 12.4 Å². The smallest absolute Gasteiger partial charge is 0.191 e. The maximum Gasteiger partial charge on any atom is 0.191 e. The zero-order valence-corrected chi connectivity index (χ0v) is 17.6. The Morgan fingerprint density at radius 2 is 1.90 bits per heavy atom. The minimum atomic E-state index is -0.820. The van der Waals surface area contributed by atoms with Crippen molar-refractivity contribution in [2.75, 3.05) is 19.3 Å². The number of hydrogen-bond acceptors (Lipinski definition) is 2. The Morgan fingerprint density at radius 3 is 2.38 bits per heavy atom. The lowest BCUT2D eigenvalue weighted by atomic mass is 10.1. The average Bonchev–Trinajstić information content (AvgIpc) is 2.36. The second kappa shape index (κ2) is 12.7. The molecule has 0 spiro atoms. The third kappa shape index (κ3) is 12.4. The van der Waals surface area contributed by atoms with E-state index in [-0.39, 0.29) is 28.7 Å². The quantitative estimate of drug-likeness (QED) is 0.269. The van der Waals surface area contributed by atoms with Crippen molar-refractivity contribution in [3.05, 3.63) is 0 Å². The Labute approximate surface area is 150 Å². The fourth-order valence-corrected chi connectivity index (χ4v) is 2.67. The third-order valence-electron chi connectivity index (χ3n) is 3.11. The monoisotopic (exact) mass is 431 g/mol. The van der Waals surface area contributed by atoms with E-state index in [4.69, 9.17) is 0 Å². The molecule has 2 atom stereocenters. The Balaban J connectivity index is 0. The van der Waals surface area contributed by atoms with Crippen molar-refractivity contribution in [1.82, 2.24) is 10.6 Å². The lowest BCUT2D eigenvalue weighted by Crippen LogP contribution is -2.44. The van der Waals surface area contributed by atoms with Gasteiger partial charge in [0.05, 0.1) is 0 Å². The number of aliphatic imine (C=N–C) groups is 1. The number of nitrogens with zero attached hydrogens (tertiary/aromatic N) is 1. The van der Waals surface area contributed by atoms with E-state index < -0.39 is 10.8 Å². The minimum Gasteiger partial charge on any atom is -0.355 e. The molecule has 2 N–H and O–H groups in total. The molecule has 0 amide bonds. The van der Waals surface area contributed by atoms with E-state index in [1.54, 1.807) is 7.05 Å². The van der Waals surface area contributed by atoms with Crippen LogP contribution in [0, 0.1) is 0 Å². The Kier molecular flexibility index (Phi) is 14.1. The van der Waals surface area contributed by atoms with Gasteiger partial charge in [-0.1, -0.05) is 26.2 Å². The Morgan fingerprint density at radius 1 is 1.29 bits per heavy atom. The summed E-state index contributed by atoms with van der Waals surface area (Å²) >= 11 is 0. The number of nitrogens with one attached hydrogen (secondary N) is 2. The fraction of sp³-hybridized carbons (Fsp3) is 0.933. The molecule has 0 aromatic heterocycles. The van der Waals surface area contributed by atoms with E-state index in [9.17, 15) is 4.21 Å². The predicted octanol–water partition coefficient (Wildman–Crippen LogP) is 3.29. The molecule has 128 valence electrons. The van der Waals surface area contributed by atoms with Gasteiger partial charge in [-0.2, -0.15) is 0 Å². The summed E-state index contributed by atoms with van der Waals surface area (Å²) < 4.78 is 11.8. The van der Waals surface area contributed by atoms with Crippen LogP contribution in [-0.4, -0.2) is 40.3 Å². The molecule has 0 aliphatic heterocycles. The average molecular weight is 431 g/mol. The SMILES string of the molecule is CCCCCC(C)NC(=NC)NCCS(=O)C(C)(C)C.I. The molecular weight excluding hydrogens is 397 g/mol. The third-order valence-corrected chi connectivity index (χ3v) is 5.05. The molecular formula is C15H34IN3OS. The van der Waals surface area contributed by atoms with Crippen LogP contribution in [-0.2, 0) is 10.8 Å². The van der Waals surface area contributed by atoms with Gasteiger partial charge in [0.2, 0.25) is 0 Å². The number of unbranched alkanes of at least 4 members (excludes halogenated alkanes) is 2. The fourth-order valence-electron chi connectivity index (χ4n) is 1.77. The standard InChI is InChI=1S/C15H33N3OS.HI/c1-7-8-9-10-13(2)18-14(16-6)17-11-12-20(19)15(3,4)5;/h13H,7-12H2,1-6H3,(H2,16,17,18);1H. The first-order valence-corrected chi connectivity index (χ1v) is 8.98. The molecule has 6 heteroatoms. The maximum absolute atomic E-state index is 11.9. The molecule has 0 saturated carbocycles. The van der Waals surface area contributed by atoms with Crippen molar-refractivity contribution in [3.8, 4) is 0 Å². The van der Waals surface area contributed by atoms with Crippen LogP contribution in [0.3, 0.4) is 0 Å². The highest BCUT2D eigenvalue weighted by Crippen LogP contribution is 2.10. The number of guanidine groups is 1. The normalized spacial score (nSPS) is 15.0. The molecule has 0 bridgehead atoms.